The van der Waals surface area contributed by atoms with Gasteiger partial charge in [-0.2, -0.15) is 0 Å². The van der Waals surface area contributed by atoms with Gasteiger partial charge in [0.2, 0.25) is 0 Å². The van der Waals surface area contributed by atoms with Crippen LogP contribution in [0.25, 0.3) is 0 Å². The molecule has 0 atom stereocenters. The normalized spacial score (nSPS) is 10.7. The highest BCUT2D eigenvalue weighted by Gasteiger charge is 1.98. The summed E-state index contributed by atoms with van der Waals surface area (Å²) >= 11 is 0. The number of amidine groups is 1. The van der Waals surface area contributed by atoms with E-state index in [0.29, 0.717) is 18.8 Å². The minimum atomic E-state index is 0.0695. The Kier molecular flexibility index (Phi) is 6.97. The van der Waals surface area contributed by atoms with Crippen molar-refractivity contribution in [1.29, 1.82) is 5.41 Å². The Labute approximate surface area is 115 Å². The van der Waals surface area contributed by atoms with Gasteiger partial charge >= 0.3 is 0 Å². The molecule has 0 aliphatic heterocycles. The van der Waals surface area contributed by atoms with Gasteiger partial charge in [0.1, 0.15) is 18.2 Å². The molecule has 0 spiro atoms. The van der Waals surface area contributed by atoms with Crippen LogP contribution in [0.2, 0.25) is 0 Å². The van der Waals surface area contributed by atoms with E-state index >= 15 is 0 Å². The zero-order chi connectivity index (χ0) is 14.1. The van der Waals surface area contributed by atoms with E-state index in [1.165, 1.54) is 6.42 Å². The maximum absolute atomic E-state index is 7.29. The molecule has 4 heteroatoms. The number of hydrogen-bond donors (Lipinski definition) is 2. The summed E-state index contributed by atoms with van der Waals surface area (Å²) in [5.41, 5.74) is 6.08. The van der Waals surface area contributed by atoms with E-state index in [-0.39, 0.29) is 5.84 Å². The molecule has 4 nitrogen and oxygen atoms in total. The molecule has 1 rings (SSSR count). The first-order valence-electron chi connectivity index (χ1n) is 6.74. The Bertz CT molecular complexity index is 374. The quantitative estimate of drug-likeness (QED) is 0.409. The first kappa shape index (κ1) is 15.5. The van der Waals surface area contributed by atoms with Crippen LogP contribution in [0, 0.1) is 11.3 Å². The smallest absolute Gasteiger partial charge is 0.122 e. The van der Waals surface area contributed by atoms with Gasteiger partial charge in [-0.25, -0.2) is 0 Å². The Morgan fingerprint density at radius 1 is 1.16 bits per heavy atom. The van der Waals surface area contributed by atoms with Crippen molar-refractivity contribution in [3.8, 4) is 5.75 Å². The predicted molar refractivity (Wildman–Crippen MR) is 77.8 cm³/mol. The van der Waals surface area contributed by atoms with E-state index in [1.54, 1.807) is 12.1 Å². The van der Waals surface area contributed by atoms with E-state index in [2.05, 4.69) is 13.8 Å². The third-order valence-corrected chi connectivity index (χ3v) is 2.73. The standard InChI is InChI=1S/C15H24N2O2/c1-12(2)4-3-9-18-10-11-19-14-7-5-13(6-8-14)15(16)17/h5-8,12H,3-4,9-11H2,1-2H3,(H3,16,17). The van der Waals surface area contributed by atoms with Crippen molar-refractivity contribution in [3.63, 3.8) is 0 Å². The molecule has 0 unspecified atom stereocenters. The van der Waals surface area contributed by atoms with Gasteiger partial charge in [0.15, 0.2) is 0 Å². The lowest BCUT2D eigenvalue weighted by molar-refractivity contribution is 0.0957. The Hall–Kier alpha value is -1.55. The molecule has 0 aromatic heterocycles. The van der Waals surface area contributed by atoms with Crippen LogP contribution in [0.3, 0.4) is 0 Å². The number of benzene rings is 1. The SMILES string of the molecule is CC(C)CCCOCCOc1ccc(C(=N)N)cc1. The monoisotopic (exact) mass is 264 g/mol. The van der Waals surface area contributed by atoms with E-state index < -0.39 is 0 Å². The van der Waals surface area contributed by atoms with Gasteiger partial charge < -0.3 is 15.2 Å². The maximum Gasteiger partial charge on any atom is 0.122 e. The topological polar surface area (TPSA) is 68.3 Å². The van der Waals surface area contributed by atoms with Gasteiger partial charge in [-0.15, -0.1) is 0 Å². The first-order valence-corrected chi connectivity index (χ1v) is 6.74. The van der Waals surface area contributed by atoms with Crippen LogP contribution in [0.5, 0.6) is 5.75 Å². The van der Waals surface area contributed by atoms with Gasteiger partial charge in [0, 0.05) is 12.2 Å². The summed E-state index contributed by atoms with van der Waals surface area (Å²) in [7, 11) is 0. The lowest BCUT2D eigenvalue weighted by Gasteiger charge is -2.08. The summed E-state index contributed by atoms with van der Waals surface area (Å²) < 4.78 is 11.0. The fraction of sp³-hybridized carbons (Fsp3) is 0.533. The molecule has 0 amide bonds. The van der Waals surface area contributed by atoms with Gasteiger partial charge in [-0.05, 0) is 43.0 Å². The third kappa shape index (κ3) is 6.82. The third-order valence-electron chi connectivity index (χ3n) is 2.73. The Morgan fingerprint density at radius 3 is 2.42 bits per heavy atom. The van der Waals surface area contributed by atoms with Crippen molar-refractivity contribution in [3.05, 3.63) is 29.8 Å². The number of ether oxygens (including phenoxy) is 2. The van der Waals surface area contributed by atoms with Crippen molar-refractivity contribution < 1.29 is 9.47 Å². The van der Waals surface area contributed by atoms with Gasteiger partial charge in [-0.3, -0.25) is 5.41 Å². The summed E-state index contributed by atoms with van der Waals surface area (Å²) in [5, 5.41) is 7.29. The molecule has 106 valence electrons. The molecule has 0 saturated carbocycles. The van der Waals surface area contributed by atoms with E-state index in [0.717, 1.165) is 24.7 Å². The number of nitrogen functional groups attached to an aromatic ring is 1. The number of hydrogen-bond acceptors (Lipinski definition) is 3. The second-order valence-electron chi connectivity index (χ2n) is 4.93. The molecule has 0 saturated heterocycles. The highest BCUT2D eigenvalue weighted by atomic mass is 16.5. The minimum Gasteiger partial charge on any atom is -0.491 e. The summed E-state index contributed by atoms with van der Waals surface area (Å²) in [5.74, 6) is 1.58. The van der Waals surface area contributed by atoms with Gasteiger partial charge in [0.05, 0.1) is 6.61 Å². The van der Waals surface area contributed by atoms with Crippen LogP contribution < -0.4 is 10.5 Å². The molecule has 19 heavy (non-hydrogen) atoms. The molecule has 0 fully saturated rings. The molecule has 1 aromatic carbocycles. The largest absolute Gasteiger partial charge is 0.491 e. The van der Waals surface area contributed by atoms with E-state index in [4.69, 9.17) is 20.6 Å². The molecule has 0 aliphatic rings. The lowest BCUT2D eigenvalue weighted by Crippen LogP contribution is -2.11. The highest BCUT2D eigenvalue weighted by Crippen LogP contribution is 2.11. The predicted octanol–water partition coefficient (Wildman–Crippen LogP) is 2.80. The average Bonchev–Trinajstić information content (AvgIpc) is 2.38. The second-order valence-corrected chi connectivity index (χ2v) is 4.93. The zero-order valence-electron chi connectivity index (χ0n) is 11.8. The molecule has 0 radical (unpaired) electrons. The van der Waals surface area contributed by atoms with Crippen molar-refractivity contribution in [2.75, 3.05) is 19.8 Å². The molecule has 3 N–H and O–H groups in total. The number of rotatable bonds is 9. The van der Waals surface area contributed by atoms with Crippen molar-refractivity contribution in [1.82, 2.24) is 0 Å². The summed E-state index contributed by atoms with van der Waals surface area (Å²) in [6.45, 7) is 6.38. The summed E-state index contributed by atoms with van der Waals surface area (Å²) in [6, 6.07) is 7.19. The number of nitrogens with one attached hydrogen (secondary N) is 1. The highest BCUT2D eigenvalue weighted by molar-refractivity contribution is 5.94. The Balaban J connectivity index is 2.11. The summed E-state index contributed by atoms with van der Waals surface area (Å²) in [4.78, 5) is 0. The first-order chi connectivity index (χ1) is 9.09. The average molecular weight is 264 g/mol. The van der Waals surface area contributed by atoms with E-state index in [9.17, 15) is 0 Å². The van der Waals surface area contributed by atoms with Gasteiger partial charge in [-0.1, -0.05) is 13.8 Å². The molecule has 0 aliphatic carbocycles. The van der Waals surface area contributed by atoms with E-state index in [1.807, 2.05) is 12.1 Å². The molecule has 0 bridgehead atoms. The lowest BCUT2D eigenvalue weighted by atomic mass is 10.1. The van der Waals surface area contributed by atoms with Crippen molar-refractivity contribution in [2.24, 2.45) is 11.7 Å². The fourth-order valence-electron chi connectivity index (χ4n) is 1.64. The summed E-state index contributed by atoms with van der Waals surface area (Å²) in [6.07, 6.45) is 2.30. The number of nitrogens with two attached hydrogens (primary N) is 1. The van der Waals surface area contributed by atoms with Crippen LogP contribution in [0.1, 0.15) is 32.3 Å². The van der Waals surface area contributed by atoms with Crippen molar-refractivity contribution in [2.45, 2.75) is 26.7 Å². The molecule has 1 aromatic rings. The van der Waals surface area contributed by atoms with Crippen LogP contribution in [0.15, 0.2) is 24.3 Å². The zero-order valence-corrected chi connectivity index (χ0v) is 11.8. The molecule has 0 heterocycles. The van der Waals surface area contributed by atoms with Crippen LogP contribution in [-0.4, -0.2) is 25.7 Å². The maximum atomic E-state index is 7.29. The Morgan fingerprint density at radius 2 is 1.84 bits per heavy atom. The minimum absolute atomic E-state index is 0.0695. The second kappa shape index (κ2) is 8.53. The fourth-order valence-corrected chi connectivity index (χ4v) is 1.64. The molecular formula is C15H24N2O2. The van der Waals surface area contributed by atoms with Crippen molar-refractivity contribution >= 4 is 5.84 Å². The van der Waals surface area contributed by atoms with Crippen LogP contribution in [0.4, 0.5) is 0 Å². The van der Waals surface area contributed by atoms with Crippen LogP contribution in [-0.2, 0) is 4.74 Å². The molecular weight excluding hydrogens is 240 g/mol. The van der Waals surface area contributed by atoms with Crippen LogP contribution >= 0.6 is 0 Å². The van der Waals surface area contributed by atoms with Gasteiger partial charge in [0.25, 0.3) is 0 Å².